The summed E-state index contributed by atoms with van der Waals surface area (Å²) < 4.78 is 11.0. The minimum absolute atomic E-state index is 0.0174. The molecule has 1 aromatic rings. The van der Waals surface area contributed by atoms with Crippen LogP contribution in [0.15, 0.2) is 5.38 Å². The third-order valence-corrected chi connectivity index (χ3v) is 4.65. The molecule has 3 atom stereocenters. The molecule has 3 heterocycles. The maximum Gasteiger partial charge on any atom is 0.323 e. The van der Waals surface area contributed by atoms with E-state index in [9.17, 15) is 4.79 Å². The summed E-state index contributed by atoms with van der Waals surface area (Å²) in [5.41, 5.74) is 1.02. The van der Waals surface area contributed by atoms with E-state index in [1.54, 1.807) is 11.3 Å². The van der Waals surface area contributed by atoms with E-state index in [1.807, 2.05) is 19.2 Å². The van der Waals surface area contributed by atoms with Crippen molar-refractivity contribution < 1.29 is 14.3 Å². The van der Waals surface area contributed by atoms with E-state index in [0.29, 0.717) is 6.61 Å². The first-order chi connectivity index (χ1) is 9.13. The summed E-state index contributed by atoms with van der Waals surface area (Å²) in [6.45, 7) is 6.07. The molecule has 0 amide bonds. The van der Waals surface area contributed by atoms with E-state index in [1.165, 1.54) is 0 Å². The van der Waals surface area contributed by atoms with Crippen LogP contribution in [0, 0.1) is 6.92 Å². The number of rotatable bonds is 2. The van der Waals surface area contributed by atoms with Crippen molar-refractivity contribution in [3.8, 4) is 0 Å². The molecule has 5 nitrogen and oxygen atoms in total. The Balaban J connectivity index is 1.70. The van der Waals surface area contributed by atoms with Crippen LogP contribution in [0.1, 0.15) is 30.2 Å². The fraction of sp³-hybridized carbons (Fsp3) is 0.692. The lowest BCUT2D eigenvalue weighted by molar-refractivity contribution is -0.147. The summed E-state index contributed by atoms with van der Waals surface area (Å²) >= 11 is 1.62. The molecule has 1 aromatic heterocycles. The number of thiazole rings is 1. The van der Waals surface area contributed by atoms with E-state index >= 15 is 0 Å². The first-order valence-electron chi connectivity index (χ1n) is 6.61. The van der Waals surface area contributed by atoms with Crippen LogP contribution < -0.4 is 0 Å². The van der Waals surface area contributed by atoms with Crippen LogP contribution in [0.5, 0.6) is 0 Å². The Labute approximate surface area is 116 Å². The second kappa shape index (κ2) is 5.19. The maximum atomic E-state index is 11.8. The van der Waals surface area contributed by atoms with Gasteiger partial charge in [0.05, 0.1) is 6.61 Å². The van der Waals surface area contributed by atoms with Crippen molar-refractivity contribution in [3.63, 3.8) is 0 Å². The lowest BCUT2D eigenvalue weighted by Crippen LogP contribution is -2.46. The van der Waals surface area contributed by atoms with E-state index < -0.39 is 0 Å². The van der Waals surface area contributed by atoms with Gasteiger partial charge in [0.1, 0.15) is 23.3 Å². The lowest BCUT2D eigenvalue weighted by atomic mass is 10.1. The number of aryl methyl sites for hydroxylation is 1. The molecule has 6 heteroatoms. The summed E-state index contributed by atoms with van der Waals surface area (Å²) in [4.78, 5) is 18.5. The second-order valence-corrected chi connectivity index (χ2v) is 6.07. The highest BCUT2D eigenvalue weighted by atomic mass is 32.1. The predicted octanol–water partition coefficient (Wildman–Crippen LogP) is 1.53. The number of ether oxygens (including phenoxy) is 2. The minimum Gasteiger partial charge on any atom is -0.461 e. The number of cyclic esters (lactones) is 1. The van der Waals surface area contributed by atoms with Gasteiger partial charge < -0.3 is 9.47 Å². The number of nitrogens with zero attached hydrogens (tertiary/aromatic N) is 2. The van der Waals surface area contributed by atoms with Gasteiger partial charge >= 0.3 is 5.97 Å². The Morgan fingerprint density at radius 2 is 2.37 bits per heavy atom. The summed E-state index contributed by atoms with van der Waals surface area (Å²) in [6, 6.07) is -0.109. The van der Waals surface area contributed by atoms with Gasteiger partial charge in [0, 0.05) is 30.6 Å². The first-order valence-corrected chi connectivity index (χ1v) is 7.49. The lowest BCUT2D eigenvalue weighted by Gasteiger charge is -2.34. The molecule has 3 rings (SSSR count). The van der Waals surface area contributed by atoms with Crippen molar-refractivity contribution in [1.82, 2.24) is 9.88 Å². The molecule has 0 saturated carbocycles. The number of hydrogen-bond acceptors (Lipinski definition) is 6. The monoisotopic (exact) mass is 282 g/mol. The van der Waals surface area contributed by atoms with Crippen LogP contribution in [0.25, 0.3) is 0 Å². The molecule has 104 valence electrons. The van der Waals surface area contributed by atoms with Gasteiger partial charge in [-0.2, -0.15) is 0 Å². The first kappa shape index (κ1) is 13.0. The van der Waals surface area contributed by atoms with Crippen molar-refractivity contribution in [3.05, 3.63) is 16.1 Å². The third-order valence-electron chi connectivity index (χ3n) is 3.60. The normalized spacial score (nSPS) is 32.5. The molecule has 0 unspecified atom stereocenters. The van der Waals surface area contributed by atoms with E-state index in [0.717, 1.165) is 30.2 Å². The molecule has 0 bridgehead atoms. The molecule has 19 heavy (non-hydrogen) atoms. The van der Waals surface area contributed by atoms with Gasteiger partial charge in [0.2, 0.25) is 0 Å². The SMILES string of the molecule is Cc1csc([C@@H]2CN([C@@H]3C[C@@H](C)OC3=O)CCO2)n1. The predicted molar refractivity (Wildman–Crippen MR) is 71.1 cm³/mol. The Morgan fingerprint density at radius 3 is 3.00 bits per heavy atom. The topological polar surface area (TPSA) is 51.7 Å². The van der Waals surface area contributed by atoms with Crippen LogP contribution in [0.4, 0.5) is 0 Å². The second-order valence-electron chi connectivity index (χ2n) is 5.18. The largest absolute Gasteiger partial charge is 0.461 e. The minimum atomic E-state index is -0.109. The Bertz CT molecular complexity index is 476. The number of morpholine rings is 1. The highest BCUT2D eigenvalue weighted by Gasteiger charge is 2.39. The standard InChI is InChI=1S/C13H18N2O3S/c1-8-7-19-12(14-8)11-6-15(3-4-17-11)10-5-9(2)18-13(10)16/h7,9-11H,3-6H2,1-2H3/t9-,10-,11+/m1/s1. The quantitative estimate of drug-likeness (QED) is 0.770. The Morgan fingerprint density at radius 1 is 1.53 bits per heavy atom. The van der Waals surface area contributed by atoms with Gasteiger partial charge in [-0.15, -0.1) is 11.3 Å². The Kier molecular flexibility index (Phi) is 3.56. The number of carbonyl (C=O) groups excluding carboxylic acids is 1. The van der Waals surface area contributed by atoms with Gasteiger partial charge in [0.25, 0.3) is 0 Å². The molecule has 0 radical (unpaired) electrons. The number of aromatic nitrogens is 1. The zero-order chi connectivity index (χ0) is 13.4. The average molecular weight is 282 g/mol. The van der Waals surface area contributed by atoms with Crippen LogP contribution >= 0.6 is 11.3 Å². The zero-order valence-corrected chi connectivity index (χ0v) is 12.0. The van der Waals surface area contributed by atoms with Crippen molar-refractivity contribution in [2.45, 2.75) is 38.5 Å². The molecule has 2 fully saturated rings. The Hall–Kier alpha value is -0.980. The van der Waals surface area contributed by atoms with Gasteiger partial charge in [-0.05, 0) is 13.8 Å². The summed E-state index contributed by atoms with van der Waals surface area (Å²) in [7, 11) is 0. The molecule has 0 aliphatic carbocycles. The van der Waals surface area contributed by atoms with Crippen molar-refractivity contribution in [2.24, 2.45) is 0 Å². The van der Waals surface area contributed by atoms with E-state index in [-0.39, 0.29) is 24.2 Å². The summed E-state index contributed by atoms with van der Waals surface area (Å²) in [6.07, 6.45) is 0.791. The van der Waals surface area contributed by atoms with Gasteiger partial charge in [0.15, 0.2) is 0 Å². The summed E-state index contributed by atoms with van der Waals surface area (Å²) in [5, 5.41) is 3.03. The van der Waals surface area contributed by atoms with Crippen LogP contribution in [0.3, 0.4) is 0 Å². The van der Waals surface area contributed by atoms with Crippen molar-refractivity contribution in [1.29, 1.82) is 0 Å². The average Bonchev–Trinajstić information content (AvgIpc) is 2.96. The van der Waals surface area contributed by atoms with Crippen LogP contribution in [-0.2, 0) is 14.3 Å². The zero-order valence-electron chi connectivity index (χ0n) is 11.2. The smallest absolute Gasteiger partial charge is 0.323 e. The van der Waals surface area contributed by atoms with Crippen molar-refractivity contribution >= 4 is 17.3 Å². The molecular weight excluding hydrogens is 264 g/mol. The van der Waals surface area contributed by atoms with Crippen LogP contribution in [-0.4, -0.2) is 47.7 Å². The van der Waals surface area contributed by atoms with Gasteiger partial charge in [-0.3, -0.25) is 9.69 Å². The third kappa shape index (κ3) is 2.66. The fourth-order valence-electron chi connectivity index (χ4n) is 2.66. The number of esters is 1. The van der Waals surface area contributed by atoms with E-state index in [2.05, 4.69) is 9.88 Å². The number of hydrogen-bond donors (Lipinski definition) is 0. The van der Waals surface area contributed by atoms with E-state index in [4.69, 9.17) is 9.47 Å². The van der Waals surface area contributed by atoms with Crippen molar-refractivity contribution in [2.75, 3.05) is 19.7 Å². The molecule has 0 N–H and O–H groups in total. The molecular formula is C13H18N2O3S. The number of carbonyl (C=O) groups is 1. The maximum absolute atomic E-state index is 11.8. The van der Waals surface area contributed by atoms with Gasteiger partial charge in [-0.1, -0.05) is 0 Å². The van der Waals surface area contributed by atoms with Crippen LogP contribution in [0.2, 0.25) is 0 Å². The van der Waals surface area contributed by atoms with Gasteiger partial charge in [-0.25, -0.2) is 4.98 Å². The summed E-state index contributed by atoms with van der Waals surface area (Å²) in [5.74, 6) is -0.0940. The molecule has 2 aliphatic rings. The highest BCUT2D eigenvalue weighted by Crippen LogP contribution is 2.29. The molecule has 0 aromatic carbocycles. The molecule has 0 spiro atoms. The fourth-order valence-corrected chi connectivity index (χ4v) is 3.49. The molecule has 2 aliphatic heterocycles. The molecule has 2 saturated heterocycles. The highest BCUT2D eigenvalue weighted by molar-refractivity contribution is 7.09.